The first-order valence-electron chi connectivity index (χ1n) is 9.06. The van der Waals surface area contributed by atoms with Gasteiger partial charge < -0.3 is 10.6 Å². The molecule has 0 saturated carbocycles. The third-order valence-corrected chi connectivity index (χ3v) is 5.90. The summed E-state index contributed by atoms with van der Waals surface area (Å²) in [5.41, 5.74) is 3.50. The van der Waals surface area contributed by atoms with Crippen LogP contribution < -0.4 is 10.6 Å². The van der Waals surface area contributed by atoms with Gasteiger partial charge in [0.1, 0.15) is 0 Å². The van der Waals surface area contributed by atoms with Gasteiger partial charge in [-0.25, -0.2) is 4.98 Å². The molecule has 0 bridgehead atoms. The van der Waals surface area contributed by atoms with Crippen LogP contribution in [0.1, 0.15) is 34.3 Å². The lowest BCUT2D eigenvalue weighted by atomic mass is 9.99. The Kier molecular flexibility index (Phi) is 6.42. The van der Waals surface area contributed by atoms with Crippen LogP contribution in [0.4, 0.5) is 5.69 Å². The fourth-order valence-corrected chi connectivity index (χ4v) is 4.30. The number of amides is 1. The average molecular weight is 403 g/mol. The number of rotatable bonds is 5. The van der Waals surface area contributed by atoms with Crippen molar-refractivity contribution in [2.24, 2.45) is 5.92 Å². The molecule has 2 N–H and O–H groups in total. The quantitative estimate of drug-likeness (QED) is 0.674. The number of halogens is 1. The molecule has 1 aliphatic rings. The minimum absolute atomic E-state index is 0. The number of nitrogens with one attached hydrogen (secondary N) is 2. The van der Waals surface area contributed by atoms with Crippen molar-refractivity contribution >= 4 is 45.6 Å². The minimum Gasteiger partial charge on any atom is -0.322 e. The standard InChI is InChI=1S/C20H22N4OS.ClH/c1-2-19-24-17-4-3-16(9-18(17)26-19)23-20(25)15-8-14(11-22-12-15)7-13-5-6-21-10-13;/h3-4,8-9,11-13,21H,2,5-7,10H2,1H3,(H,23,25);1H. The number of thiazole rings is 1. The molecular formula is C20H23ClN4OS. The summed E-state index contributed by atoms with van der Waals surface area (Å²) < 4.78 is 1.10. The van der Waals surface area contributed by atoms with Crippen molar-refractivity contribution in [1.29, 1.82) is 0 Å². The highest BCUT2D eigenvalue weighted by Gasteiger charge is 2.16. The largest absolute Gasteiger partial charge is 0.322 e. The highest BCUT2D eigenvalue weighted by atomic mass is 35.5. The number of benzene rings is 1. The zero-order chi connectivity index (χ0) is 17.9. The number of hydrogen-bond acceptors (Lipinski definition) is 5. The Hall–Kier alpha value is -2.02. The molecule has 1 fully saturated rings. The molecular weight excluding hydrogens is 380 g/mol. The molecule has 3 heterocycles. The molecule has 4 rings (SSSR count). The Balaban J connectivity index is 0.00000210. The van der Waals surface area contributed by atoms with Gasteiger partial charge in [0.2, 0.25) is 0 Å². The number of aryl methyl sites for hydroxylation is 1. The first kappa shape index (κ1) is 19.7. The monoisotopic (exact) mass is 402 g/mol. The van der Waals surface area contributed by atoms with Crippen molar-refractivity contribution in [3.05, 3.63) is 52.8 Å². The van der Waals surface area contributed by atoms with Crippen molar-refractivity contribution in [2.75, 3.05) is 18.4 Å². The van der Waals surface area contributed by atoms with Crippen LogP contribution in [-0.4, -0.2) is 29.0 Å². The minimum atomic E-state index is -0.122. The SMILES string of the molecule is CCc1nc2ccc(NC(=O)c3cncc(CC4CCNC4)c3)cc2s1.Cl. The molecule has 1 unspecified atom stereocenters. The lowest BCUT2D eigenvalue weighted by Crippen LogP contribution is -2.14. The number of fused-ring (bicyclic) bond motifs is 1. The van der Waals surface area contributed by atoms with Crippen molar-refractivity contribution in [1.82, 2.24) is 15.3 Å². The Labute approximate surface area is 169 Å². The number of aromatic nitrogens is 2. The normalized spacial score (nSPS) is 16.3. The van der Waals surface area contributed by atoms with Gasteiger partial charge in [-0.1, -0.05) is 6.92 Å². The molecule has 1 amide bonds. The van der Waals surface area contributed by atoms with Gasteiger partial charge in [-0.05, 0) is 68.1 Å². The third-order valence-electron chi connectivity index (χ3n) is 4.74. The fourth-order valence-electron chi connectivity index (χ4n) is 3.35. The van der Waals surface area contributed by atoms with Crippen LogP contribution in [0, 0.1) is 5.92 Å². The van der Waals surface area contributed by atoms with Gasteiger partial charge in [-0.15, -0.1) is 23.7 Å². The molecule has 3 aromatic rings. The first-order valence-corrected chi connectivity index (χ1v) is 9.88. The number of carbonyl (C=O) groups excluding carboxylic acids is 1. The van der Waals surface area contributed by atoms with E-state index < -0.39 is 0 Å². The summed E-state index contributed by atoms with van der Waals surface area (Å²) in [6.07, 6.45) is 6.58. The summed E-state index contributed by atoms with van der Waals surface area (Å²) in [6.45, 7) is 4.23. The maximum Gasteiger partial charge on any atom is 0.257 e. The highest BCUT2D eigenvalue weighted by Crippen LogP contribution is 2.26. The maximum atomic E-state index is 12.6. The molecule has 0 spiro atoms. The van der Waals surface area contributed by atoms with E-state index in [1.54, 1.807) is 17.5 Å². The molecule has 27 heavy (non-hydrogen) atoms. The van der Waals surface area contributed by atoms with E-state index in [-0.39, 0.29) is 18.3 Å². The van der Waals surface area contributed by atoms with Crippen LogP contribution in [0.15, 0.2) is 36.7 Å². The predicted octanol–water partition coefficient (Wildman–Crippen LogP) is 4.08. The zero-order valence-electron chi connectivity index (χ0n) is 15.2. The summed E-state index contributed by atoms with van der Waals surface area (Å²) >= 11 is 1.67. The molecule has 1 aliphatic heterocycles. The molecule has 1 aromatic carbocycles. The molecule has 2 aromatic heterocycles. The van der Waals surface area contributed by atoms with Crippen LogP contribution in [0.25, 0.3) is 10.2 Å². The summed E-state index contributed by atoms with van der Waals surface area (Å²) in [7, 11) is 0. The van der Waals surface area contributed by atoms with E-state index in [0.29, 0.717) is 11.5 Å². The molecule has 142 valence electrons. The maximum absolute atomic E-state index is 12.6. The van der Waals surface area contributed by atoms with Crippen LogP contribution in [-0.2, 0) is 12.8 Å². The van der Waals surface area contributed by atoms with Crippen LogP contribution in [0.3, 0.4) is 0 Å². The van der Waals surface area contributed by atoms with Gasteiger partial charge >= 0.3 is 0 Å². The Bertz CT molecular complexity index is 937. The van der Waals surface area contributed by atoms with Gasteiger partial charge in [-0.3, -0.25) is 9.78 Å². The molecule has 1 atom stereocenters. The van der Waals surface area contributed by atoms with E-state index in [2.05, 4.69) is 27.5 Å². The van der Waals surface area contributed by atoms with Gasteiger partial charge in [-0.2, -0.15) is 0 Å². The molecule has 7 heteroatoms. The summed E-state index contributed by atoms with van der Waals surface area (Å²) in [5.74, 6) is 0.514. The topological polar surface area (TPSA) is 66.9 Å². The molecule has 0 aliphatic carbocycles. The Morgan fingerprint density at radius 1 is 1.33 bits per heavy atom. The fraction of sp³-hybridized carbons (Fsp3) is 0.350. The van der Waals surface area contributed by atoms with E-state index >= 15 is 0 Å². The second-order valence-corrected chi connectivity index (χ2v) is 7.86. The number of anilines is 1. The number of carbonyl (C=O) groups is 1. The second-order valence-electron chi connectivity index (χ2n) is 6.74. The molecule has 5 nitrogen and oxygen atoms in total. The average Bonchev–Trinajstić information content (AvgIpc) is 3.30. The number of hydrogen-bond donors (Lipinski definition) is 2. The van der Waals surface area contributed by atoms with Crippen molar-refractivity contribution in [2.45, 2.75) is 26.2 Å². The van der Waals surface area contributed by atoms with Crippen molar-refractivity contribution in [3.63, 3.8) is 0 Å². The van der Waals surface area contributed by atoms with Gasteiger partial charge in [0, 0.05) is 18.1 Å². The summed E-state index contributed by atoms with van der Waals surface area (Å²) in [4.78, 5) is 21.5. The molecule has 1 saturated heterocycles. The van der Waals surface area contributed by atoms with E-state index in [9.17, 15) is 4.79 Å². The zero-order valence-corrected chi connectivity index (χ0v) is 16.8. The smallest absolute Gasteiger partial charge is 0.257 e. The summed E-state index contributed by atoms with van der Waals surface area (Å²) in [6, 6.07) is 7.82. The van der Waals surface area contributed by atoms with Crippen LogP contribution >= 0.6 is 23.7 Å². The van der Waals surface area contributed by atoms with E-state index in [1.165, 1.54) is 6.42 Å². The van der Waals surface area contributed by atoms with Gasteiger partial charge in [0.25, 0.3) is 5.91 Å². The Morgan fingerprint density at radius 2 is 2.22 bits per heavy atom. The number of nitrogens with zero attached hydrogens (tertiary/aromatic N) is 2. The molecule has 0 radical (unpaired) electrons. The van der Waals surface area contributed by atoms with Gasteiger partial charge in [0.05, 0.1) is 20.8 Å². The van der Waals surface area contributed by atoms with E-state index in [1.807, 2.05) is 30.5 Å². The van der Waals surface area contributed by atoms with Crippen LogP contribution in [0.2, 0.25) is 0 Å². The third kappa shape index (κ3) is 4.64. The lowest BCUT2D eigenvalue weighted by Gasteiger charge is -2.10. The Morgan fingerprint density at radius 3 is 3.00 bits per heavy atom. The van der Waals surface area contributed by atoms with E-state index in [4.69, 9.17) is 0 Å². The van der Waals surface area contributed by atoms with Gasteiger partial charge in [0.15, 0.2) is 0 Å². The van der Waals surface area contributed by atoms with E-state index in [0.717, 1.165) is 52.4 Å². The first-order chi connectivity index (χ1) is 12.7. The predicted molar refractivity (Wildman–Crippen MR) is 113 cm³/mol. The highest BCUT2D eigenvalue weighted by molar-refractivity contribution is 7.18. The summed E-state index contributed by atoms with van der Waals surface area (Å²) in [5, 5.41) is 7.48. The van der Waals surface area contributed by atoms with Crippen LogP contribution in [0.5, 0.6) is 0 Å². The van der Waals surface area contributed by atoms with Crippen molar-refractivity contribution < 1.29 is 4.79 Å². The second kappa shape index (κ2) is 8.78. The number of pyridine rings is 1. The van der Waals surface area contributed by atoms with Crippen molar-refractivity contribution in [3.8, 4) is 0 Å². The lowest BCUT2D eigenvalue weighted by molar-refractivity contribution is 0.102.